The van der Waals surface area contributed by atoms with Gasteiger partial charge in [0.05, 0.1) is 5.41 Å². The Morgan fingerprint density at radius 3 is 1.39 bits per heavy atom. The van der Waals surface area contributed by atoms with Crippen LogP contribution in [0, 0.1) is 0 Å². The van der Waals surface area contributed by atoms with Crippen LogP contribution in [0.4, 0.5) is 0 Å². The first-order valence-electron chi connectivity index (χ1n) is 20.2. The van der Waals surface area contributed by atoms with E-state index >= 15 is 0 Å². The van der Waals surface area contributed by atoms with Gasteiger partial charge in [-0.05, 0) is 79.9 Å². The van der Waals surface area contributed by atoms with E-state index < -0.39 is 5.41 Å². The van der Waals surface area contributed by atoms with Crippen LogP contribution in [-0.2, 0) is 10.8 Å². The Morgan fingerprint density at radius 1 is 0.339 bits per heavy atom. The average molecular weight is 774 g/mol. The van der Waals surface area contributed by atoms with E-state index in [2.05, 4.69) is 190 Å². The second kappa shape index (κ2) is 13.9. The van der Waals surface area contributed by atoms with Crippen LogP contribution in [0.3, 0.4) is 0 Å². The highest BCUT2D eigenvalue weighted by molar-refractivity contribution is 7.99. The summed E-state index contributed by atoms with van der Waals surface area (Å²) in [6, 6.07) is 72.0. The molecule has 0 atom stereocenters. The molecule has 0 saturated carbocycles. The van der Waals surface area contributed by atoms with Crippen LogP contribution in [-0.4, -0.2) is 15.0 Å². The number of fused-ring (bicyclic) bond motifs is 8. The van der Waals surface area contributed by atoms with Gasteiger partial charge in [0.1, 0.15) is 0 Å². The molecule has 280 valence electrons. The normalized spacial score (nSPS) is 14.1. The fraction of sp³-hybridized carbons (Fsp3) is 0.0727. The molecule has 2 aliphatic rings. The molecule has 9 aromatic rings. The highest BCUT2D eigenvalue weighted by Crippen LogP contribution is 2.62. The van der Waals surface area contributed by atoms with Crippen LogP contribution < -0.4 is 0 Å². The van der Waals surface area contributed by atoms with Crippen LogP contribution in [0.5, 0.6) is 0 Å². The van der Waals surface area contributed by atoms with Crippen molar-refractivity contribution in [1.82, 2.24) is 15.0 Å². The minimum atomic E-state index is -0.491. The second-order valence-corrected chi connectivity index (χ2v) is 17.0. The van der Waals surface area contributed by atoms with Crippen molar-refractivity contribution in [2.45, 2.75) is 34.5 Å². The smallest absolute Gasteiger partial charge is 0.164 e. The summed E-state index contributed by atoms with van der Waals surface area (Å²) in [5.41, 5.74) is 14.7. The van der Waals surface area contributed by atoms with E-state index in [1.807, 2.05) is 36.0 Å². The summed E-state index contributed by atoms with van der Waals surface area (Å²) in [5.74, 6) is 1.92. The lowest BCUT2D eigenvalue weighted by molar-refractivity contribution is 0.550. The number of rotatable bonds is 5. The molecular weight excluding hydrogens is 735 g/mol. The van der Waals surface area contributed by atoms with Crippen molar-refractivity contribution in [2.24, 2.45) is 0 Å². The summed E-state index contributed by atoms with van der Waals surface area (Å²) >= 11 is 1.88. The summed E-state index contributed by atoms with van der Waals surface area (Å²) in [7, 11) is 0. The van der Waals surface area contributed by atoms with Gasteiger partial charge >= 0.3 is 0 Å². The van der Waals surface area contributed by atoms with Crippen molar-refractivity contribution in [3.05, 3.63) is 234 Å². The standard InChI is InChI=1S/C55H39N3S/c1-54(2)43-27-9-10-28-44(43)55(45-29-11-13-32-48(45)59-49-33-14-12-30-46(49)55)47-31-17-26-42(50(47)54)39-23-16-25-41(35-39)53-57-51(37-20-7-4-8-21-37)56-52(58-53)40-24-15-22-38(34-40)36-18-5-3-6-19-36/h3-35H,1-2H3. The van der Waals surface area contributed by atoms with Crippen molar-refractivity contribution in [1.29, 1.82) is 0 Å². The van der Waals surface area contributed by atoms with Crippen molar-refractivity contribution in [3.8, 4) is 56.4 Å². The van der Waals surface area contributed by atoms with Gasteiger partial charge in [0.25, 0.3) is 0 Å². The first-order chi connectivity index (χ1) is 29.0. The topological polar surface area (TPSA) is 38.7 Å². The number of aromatic nitrogens is 3. The maximum Gasteiger partial charge on any atom is 0.164 e. The third kappa shape index (κ3) is 5.62. The van der Waals surface area contributed by atoms with Crippen LogP contribution >= 0.6 is 11.8 Å². The highest BCUT2D eigenvalue weighted by atomic mass is 32.2. The number of hydrogen-bond acceptors (Lipinski definition) is 4. The molecule has 0 fully saturated rings. The molecule has 11 rings (SSSR count). The summed E-state index contributed by atoms with van der Waals surface area (Å²) in [6.07, 6.45) is 0. The molecule has 4 heteroatoms. The Kier molecular flexibility index (Phi) is 8.31. The van der Waals surface area contributed by atoms with Gasteiger partial charge in [-0.3, -0.25) is 0 Å². The number of hydrogen-bond donors (Lipinski definition) is 0. The van der Waals surface area contributed by atoms with E-state index in [4.69, 9.17) is 15.0 Å². The molecule has 0 amide bonds. The molecule has 0 bridgehead atoms. The van der Waals surface area contributed by atoms with Crippen LogP contribution in [0.2, 0.25) is 0 Å². The van der Waals surface area contributed by atoms with Gasteiger partial charge in [-0.15, -0.1) is 0 Å². The molecule has 0 saturated heterocycles. The van der Waals surface area contributed by atoms with Crippen molar-refractivity contribution < 1.29 is 0 Å². The summed E-state index contributed by atoms with van der Waals surface area (Å²) < 4.78 is 0. The molecule has 1 aliphatic heterocycles. The largest absolute Gasteiger partial charge is 0.208 e. The van der Waals surface area contributed by atoms with Crippen LogP contribution in [0.25, 0.3) is 56.4 Å². The van der Waals surface area contributed by atoms with Gasteiger partial charge in [-0.25, -0.2) is 15.0 Å². The first-order valence-corrected chi connectivity index (χ1v) is 21.0. The quantitative estimate of drug-likeness (QED) is 0.175. The van der Waals surface area contributed by atoms with E-state index in [-0.39, 0.29) is 5.41 Å². The molecule has 0 radical (unpaired) electrons. The van der Waals surface area contributed by atoms with E-state index in [0.29, 0.717) is 17.5 Å². The summed E-state index contributed by atoms with van der Waals surface area (Å²) in [6.45, 7) is 4.79. The SMILES string of the molecule is CC1(C)c2ccccc2C2(c3ccccc3Sc3ccccc32)c2cccc(-c3cccc(-c4nc(-c5ccccc5)nc(-c5cccc(-c6ccccc6)c5)n4)c3)c21. The summed E-state index contributed by atoms with van der Waals surface area (Å²) in [4.78, 5) is 18.0. The molecule has 0 unspecified atom stereocenters. The zero-order valence-electron chi connectivity index (χ0n) is 32.8. The minimum Gasteiger partial charge on any atom is -0.208 e. The molecule has 1 spiro atoms. The number of benzene rings is 8. The Balaban J connectivity index is 1.12. The van der Waals surface area contributed by atoms with Gasteiger partial charge in [0.2, 0.25) is 0 Å². The van der Waals surface area contributed by atoms with E-state index in [9.17, 15) is 0 Å². The monoisotopic (exact) mass is 773 g/mol. The molecule has 1 aliphatic carbocycles. The Bertz CT molecular complexity index is 3020. The van der Waals surface area contributed by atoms with Gasteiger partial charge in [0.15, 0.2) is 17.5 Å². The molecule has 1 aromatic heterocycles. The lowest BCUT2D eigenvalue weighted by atomic mass is 9.53. The minimum absolute atomic E-state index is 0.303. The third-order valence-electron chi connectivity index (χ3n) is 12.2. The Labute approximate surface area is 349 Å². The van der Waals surface area contributed by atoms with Crippen molar-refractivity contribution >= 4 is 11.8 Å². The fourth-order valence-electron chi connectivity index (χ4n) is 9.63. The van der Waals surface area contributed by atoms with E-state index in [1.165, 1.54) is 48.7 Å². The fourth-order valence-corrected chi connectivity index (χ4v) is 10.8. The molecular formula is C55H39N3S. The Hall–Kier alpha value is -6.88. The van der Waals surface area contributed by atoms with Crippen molar-refractivity contribution in [2.75, 3.05) is 0 Å². The predicted octanol–water partition coefficient (Wildman–Crippen LogP) is 13.7. The first kappa shape index (κ1) is 35.3. The zero-order chi connectivity index (χ0) is 39.6. The lowest BCUT2D eigenvalue weighted by Crippen LogP contribution is -2.43. The second-order valence-electron chi connectivity index (χ2n) is 15.9. The lowest BCUT2D eigenvalue weighted by Gasteiger charge is -2.51. The zero-order valence-corrected chi connectivity index (χ0v) is 33.6. The van der Waals surface area contributed by atoms with Gasteiger partial charge in [0, 0.05) is 31.9 Å². The molecule has 2 heterocycles. The van der Waals surface area contributed by atoms with E-state index in [0.717, 1.165) is 33.4 Å². The average Bonchev–Trinajstić information content (AvgIpc) is 3.31. The van der Waals surface area contributed by atoms with Gasteiger partial charge in [-0.1, -0.05) is 202 Å². The van der Waals surface area contributed by atoms with Crippen molar-refractivity contribution in [3.63, 3.8) is 0 Å². The summed E-state index contributed by atoms with van der Waals surface area (Å²) in [5, 5.41) is 0. The molecule has 0 N–H and O–H groups in total. The predicted molar refractivity (Wildman–Crippen MR) is 242 cm³/mol. The molecule has 59 heavy (non-hydrogen) atoms. The molecule has 8 aromatic carbocycles. The van der Waals surface area contributed by atoms with Gasteiger partial charge < -0.3 is 0 Å². The third-order valence-corrected chi connectivity index (χ3v) is 13.4. The molecule has 3 nitrogen and oxygen atoms in total. The van der Waals surface area contributed by atoms with Crippen LogP contribution in [0.1, 0.15) is 47.2 Å². The van der Waals surface area contributed by atoms with Crippen LogP contribution in [0.15, 0.2) is 210 Å². The Morgan fingerprint density at radius 2 is 0.763 bits per heavy atom. The maximum atomic E-state index is 5.21. The maximum absolute atomic E-state index is 5.21. The number of nitrogens with zero attached hydrogens (tertiary/aromatic N) is 3. The highest BCUT2D eigenvalue weighted by Gasteiger charge is 2.52. The van der Waals surface area contributed by atoms with Gasteiger partial charge in [-0.2, -0.15) is 0 Å². The van der Waals surface area contributed by atoms with E-state index in [1.54, 1.807) is 0 Å².